The normalized spacial score (nSPS) is 13.2. The summed E-state index contributed by atoms with van der Waals surface area (Å²) in [5.41, 5.74) is 3.96. The summed E-state index contributed by atoms with van der Waals surface area (Å²) >= 11 is 0. The van der Waals surface area contributed by atoms with Crippen molar-refractivity contribution in [3.63, 3.8) is 0 Å². The second kappa shape index (κ2) is 26.3. The molecular weight excluding hydrogens is 577 g/mol. The molecule has 0 atom stereocenters. The van der Waals surface area contributed by atoms with E-state index < -0.39 is 20.5 Å². The Labute approximate surface area is 218 Å². The Balaban J connectivity index is -0.0000000757. The fourth-order valence-corrected chi connectivity index (χ4v) is 0.561. The number of hydrazone groups is 6. The van der Waals surface area contributed by atoms with E-state index in [1.807, 2.05) is 0 Å². The quantitative estimate of drug-likeness (QED) is 0.0751. The molecule has 0 aromatic rings. The van der Waals surface area contributed by atoms with Crippen molar-refractivity contribution in [3.05, 3.63) is 0 Å². The monoisotopic (exact) mass is 604 g/mol. The molecule has 0 saturated carbocycles. The van der Waals surface area contributed by atoms with Crippen molar-refractivity contribution in [2.24, 2.45) is 65.7 Å². The number of nitrogens with two attached hydrogens (primary N) is 6. The first kappa shape index (κ1) is 46.1. The van der Waals surface area contributed by atoms with Crippen LogP contribution in [-0.2, 0) is 19.5 Å². The fraction of sp³-hybridized carbons (Fsp3) is 0.500. The van der Waals surface area contributed by atoms with Gasteiger partial charge in [-0.3, -0.25) is 0 Å². The molecule has 0 rings (SSSR count). The Hall–Kier alpha value is -2.30. The SMILES string of the molecule is CC(=N\N)/C(C)=N/N.CC(=N\N)/C(C)=N/N.CC(=N\N)/C(C)=N/N.[O-][Cl+3]([O-])([O-])[O-].[O-][Cl+3]([O-])([O-])[O-].[Zn+2]. The van der Waals surface area contributed by atoms with Crippen molar-refractivity contribution in [2.75, 3.05) is 0 Å². The Bertz CT molecular complexity index is 573. The van der Waals surface area contributed by atoms with E-state index >= 15 is 0 Å². The molecule has 0 bridgehead atoms. The van der Waals surface area contributed by atoms with Crippen molar-refractivity contribution < 1.29 is 77.2 Å². The second-order valence-corrected chi connectivity index (χ2v) is 6.55. The molecule has 0 heterocycles. The maximum atomic E-state index is 8.49. The summed E-state index contributed by atoms with van der Waals surface area (Å²) in [5, 5.41) is 20.2. The van der Waals surface area contributed by atoms with Crippen LogP contribution in [-0.4, -0.2) is 34.3 Å². The van der Waals surface area contributed by atoms with E-state index in [0.29, 0.717) is 34.3 Å². The van der Waals surface area contributed by atoms with Crippen LogP contribution in [0.5, 0.6) is 0 Å². The van der Waals surface area contributed by atoms with Gasteiger partial charge in [-0.2, -0.15) is 30.6 Å². The summed E-state index contributed by atoms with van der Waals surface area (Å²) in [6.45, 7) is 10.5. The van der Waals surface area contributed by atoms with Gasteiger partial charge in [-0.15, -0.1) is 20.5 Å². The van der Waals surface area contributed by atoms with E-state index in [4.69, 9.17) is 72.3 Å². The van der Waals surface area contributed by atoms with Gasteiger partial charge >= 0.3 is 19.5 Å². The number of hydrogen-bond acceptors (Lipinski definition) is 20. The van der Waals surface area contributed by atoms with Gasteiger partial charge in [-0.05, 0) is 41.5 Å². The standard InChI is InChI=1S/3C4H10N4.2ClHO4.Zn/c3*1-3(7-5)4(2)8-6;2*2-1(3,4)5;/h3*5-6H2,1-2H3;2*(H,2,3,4,5);/q;;;;;+2/p-2/b3*7-3+,8-4+;;;. The van der Waals surface area contributed by atoms with Gasteiger partial charge in [-0.1, -0.05) is 0 Å². The number of hydrogen-bond donors (Lipinski definition) is 6. The van der Waals surface area contributed by atoms with Gasteiger partial charge in [0.1, 0.15) is 0 Å². The molecule has 202 valence electrons. The largest absolute Gasteiger partial charge is 2.00 e. The van der Waals surface area contributed by atoms with Gasteiger partial charge in [0.15, 0.2) is 0 Å². The molecule has 0 spiro atoms. The molecule has 0 aromatic carbocycles. The smallest absolute Gasteiger partial charge is 0.323 e. The Morgan fingerprint density at radius 1 is 0.371 bits per heavy atom. The molecule has 20 nitrogen and oxygen atoms in total. The molecule has 23 heteroatoms. The number of rotatable bonds is 3. The Kier molecular flexibility index (Phi) is 34.7. The van der Waals surface area contributed by atoms with E-state index in [-0.39, 0.29) is 19.5 Å². The minimum Gasteiger partial charge on any atom is -0.323 e. The van der Waals surface area contributed by atoms with Crippen LogP contribution in [0.1, 0.15) is 41.5 Å². The van der Waals surface area contributed by atoms with Gasteiger partial charge in [0.25, 0.3) is 0 Å². The minimum absolute atomic E-state index is 0. The van der Waals surface area contributed by atoms with Crippen molar-refractivity contribution >= 4 is 34.3 Å². The molecule has 0 amide bonds. The predicted octanol–water partition coefficient (Wildman–Crippen LogP) is -10.5. The van der Waals surface area contributed by atoms with Crippen molar-refractivity contribution in [1.82, 2.24) is 0 Å². The van der Waals surface area contributed by atoms with E-state index in [1.54, 1.807) is 41.5 Å². The maximum absolute atomic E-state index is 8.49. The van der Waals surface area contributed by atoms with Crippen molar-refractivity contribution in [3.8, 4) is 0 Å². The zero-order chi connectivity index (χ0) is 28.7. The molecular formula is C12H30Cl2N12O8Zn. The molecule has 0 aliphatic rings. The summed E-state index contributed by atoms with van der Waals surface area (Å²) in [7, 11) is -9.89. The third kappa shape index (κ3) is 59.4. The van der Waals surface area contributed by atoms with Crippen LogP contribution in [0.2, 0.25) is 0 Å². The molecule has 0 aliphatic heterocycles. The fourth-order valence-electron chi connectivity index (χ4n) is 0.561. The van der Waals surface area contributed by atoms with Crippen LogP contribution in [0.4, 0.5) is 0 Å². The zero-order valence-electron chi connectivity index (χ0n) is 19.9. The topological polar surface area (TPSA) is 415 Å². The van der Waals surface area contributed by atoms with E-state index in [0.717, 1.165) is 0 Å². The van der Waals surface area contributed by atoms with Gasteiger partial charge in [0.05, 0.1) is 34.3 Å². The van der Waals surface area contributed by atoms with Crippen molar-refractivity contribution in [2.45, 2.75) is 41.5 Å². The second-order valence-electron chi connectivity index (χ2n) is 5.04. The molecule has 0 aromatic heterocycles. The summed E-state index contributed by atoms with van der Waals surface area (Å²) in [6, 6.07) is 0. The number of halogens is 2. The summed E-state index contributed by atoms with van der Waals surface area (Å²) < 4.78 is 67.9. The zero-order valence-corrected chi connectivity index (χ0v) is 24.4. The molecule has 0 fully saturated rings. The molecule has 0 saturated heterocycles. The van der Waals surface area contributed by atoms with Gasteiger partial charge < -0.3 is 35.1 Å². The summed E-state index contributed by atoms with van der Waals surface area (Å²) in [6.07, 6.45) is 0. The summed E-state index contributed by atoms with van der Waals surface area (Å²) in [5.74, 6) is 29.4. The number of nitrogens with zero attached hydrogens (tertiary/aromatic N) is 6. The third-order valence-corrected chi connectivity index (χ3v) is 2.73. The van der Waals surface area contributed by atoms with Gasteiger partial charge in [0, 0.05) is 0 Å². The Morgan fingerprint density at radius 3 is 0.457 bits per heavy atom. The predicted molar refractivity (Wildman–Crippen MR) is 104 cm³/mol. The van der Waals surface area contributed by atoms with E-state index in [9.17, 15) is 0 Å². The van der Waals surface area contributed by atoms with Crippen molar-refractivity contribution in [1.29, 1.82) is 0 Å². The van der Waals surface area contributed by atoms with Crippen LogP contribution in [0.15, 0.2) is 30.6 Å². The average molecular weight is 607 g/mol. The van der Waals surface area contributed by atoms with Crippen LogP contribution < -0.4 is 72.3 Å². The first-order chi connectivity index (χ1) is 15.2. The van der Waals surface area contributed by atoms with Crippen LogP contribution in [0, 0.1) is 20.5 Å². The molecule has 0 aliphatic carbocycles. The molecule has 0 radical (unpaired) electrons. The molecule has 12 N–H and O–H groups in total. The molecule has 0 unspecified atom stereocenters. The van der Waals surface area contributed by atoms with Crippen LogP contribution >= 0.6 is 0 Å². The third-order valence-electron chi connectivity index (χ3n) is 2.73. The van der Waals surface area contributed by atoms with E-state index in [2.05, 4.69) is 30.6 Å². The minimum atomic E-state index is -4.94. The first-order valence-electron chi connectivity index (χ1n) is 7.88. The first-order valence-corrected chi connectivity index (χ1v) is 10.3. The van der Waals surface area contributed by atoms with Crippen LogP contribution in [0.25, 0.3) is 0 Å². The van der Waals surface area contributed by atoms with Gasteiger partial charge in [-0.25, -0.2) is 37.3 Å². The Morgan fingerprint density at radius 2 is 0.429 bits per heavy atom. The maximum Gasteiger partial charge on any atom is 2.00 e. The van der Waals surface area contributed by atoms with E-state index in [1.165, 1.54) is 0 Å². The van der Waals surface area contributed by atoms with Crippen LogP contribution in [0.3, 0.4) is 0 Å². The molecule has 35 heavy (non-hydrogen) atoms. The average Bonchev–Trinajstić information content (AvgIpc) is 2.73. The summed E-state index contributed by atoms with van der Waals surface area (Å²) in [4.78, 5) is 0. The van der Waals surface area contributed by atoms with Gasteiger partial charge in [0.2, 0.25) is 0 Å².